The molecule has 0 amide bonds. The summed E-state index contributed by atoms with van der Waals surface area (Å²) in [6.07, 6.45) is 2.64. The van der Waals surface area contributed by atoms with Crippen molar-refractivity contribution >= 4 is 23.5 Å². The van der Waals surface area contributed by atoms with Crippen molar-refractivity contribution in [1.82, 2.24) is 0 Å². The molecule has 2 N–H and O–H groups in total. The second-order valence-electron chi connectivity index (χ2n) is 2.94. The molecule has 1 aromatic rings. The Kier molecular flexibility index (Phi) is 5.83. The van der Waals surface area contributed by atoms with Gasteiger partial charge in [-0.3, -0.25) is 0 Å². The monoisotopic (exact) mass is 243 g/mol. The Morgan fingerprint density at radius 1 is 1.33 bits per heavy atom. The van der Waals surface area contributed by atoms with Gasteiger partial charge in [-0.05, 0) is 36.1 Å². The maximum absolute atomic E-state index is 12.2. The SMILES string of the molecule is CSc1ccc(SC/C(=C/F)CN)cc1. The summed E-state index contributed by atoms with van der Waals surface area (Å²) in [5.41, 5.74) is 6.00. The van der Waals surface area contributed by atoms with Gasteiger partial charge < -0.3 is 5.73 Å². The van der Waals surface area contributed by atoms with Crippen molar-refractivity contribution in [3.05, 3.63) is 36.2 Å². The molecule has 15 heavy (non-hydrogen) atoms. The number of hydrogen-bond donors (Lipinski definition) is 1. The van der Waals surface area contributed by atoms with Crippen LogP contribution in [0.25, 0.3) is 0 Å². The Balaban J connectivity index is 2.51. The second kappa shape index (κ2) is 6.93. The molecule has 0 aliphatic heterocycles. The molecule has 0 bridgehead atoms. The normalized spacial score (nSPS) is 11.8. The molecular formula is C11H14FNS2. The van der Waals surface area contributed by atoms with E-state index in [2.05, 4.69) is 12.1 Å². The summed E-state index contributed by atoms with van der Waals surface area (Å²) < 4.78 is 12.2. The molecule has 0 radical (unpaired) electrons. The van der Waals surface area contributed by atoms with Crippen LogP contribution in [0.1, 0.15) is 0 Å². The van der Waals surface area contributed by atoms with Crippen LogP contribution in [-0.2, 0) is 0 Å². The molecule has 1 rings (SSSR count). The highest BCUT2D eigenvalue weighted by atomic mass is 32.2. The van der Waals surface area contributed by atoms with Crippen molar-refractivity contribution in [2.45, 2.75) is 9.79 Å². The van der Waals surface area contributed by atoms with E-state index in [1.807, 2.05) is 18.4 Å². The quantitative estimate of drug-likeness (QED) is 0.803. The lowest BCUT2D eigenvalue weighted by Crippen LogP contribution is -2.04. The summed E-state index contributed by atoms with van der Waals surface area (Å²) in [4.78, 5) is 2.38. The summed E-state index contributed by atoms with van der Waals surface area (Å²) in [6.45, 7) is 0.284. The maximum atomic E-state index is 12.2. The highest BCUT2D eigenvalue weighted by Crippen LogP contribution is 2.23. The molecule has 0 aliphatic rings. The minimum absolute atomic E-state index is 0.284. The Morgan fingerprint density at radius 2 is 1.93 bits per heavy atom. The molecule has 82 valence electrons. The lowest BCUT2D eigenvalue weighted by molar-refractivity contribution is 0.706. The Morgan fingerprint density at radius 3 is 2.40 bits per heavy atom. The van der Waals surface area contributed by atoms with Crippen LogP contribution in [0.2, 0.25) is 0 Å². The molecule has 4 heteroatoms. The first-order chi connectivity index (χ1) is 7.30. The van der Waals surface area contributed by atoms with Crippen LogP contribution >= 0.6 is 23.5 Å². The molecule has 0 aromatic heterocycles. The van der Waals surface area contributed by atoms with E-state index in [1.165, 1.54) is 4.90 Å². The lowest BCUT2D eigenvalue weighted by Gasteiger charge is -2.03. The lowest BCUT2D eigenvalue weighted by atomic mass is 10.3. The maximum Gasteiger partial charge on any atom is 0.0880 e. The highest BCUT2D eigenvalue weighted by Gasteiger charge is 1.98. The summed E-state index contributed by atoms with van der Waals surface area (Å²) in [7, 11) is 0. The molecule has 0 aliphatic carbocycles. The summed E-state index contributed by atoms with van der Waals surface area (Å²) >= 11 is 3.31. The van der Waals surface area contributed by atoms with Crippen LogP contribution in [0.5, 0.6) is 0 Å². The molecular weight excluding hydrogens is 229 g/mol. The number of nitrogens with two attached hydrogens (primary N) is 1. The van der Waals surface area contributed by atoms with Gasteiger partial charge in [0.25, 0.3) is 0 Å². The summed E-state index contributed by atoms with van der Waals surface area (Å²) in [5, 5.41) is 0. The fraction of sp³-hybridized carbons (Fsp3) is 0.273. The van der Waals surface area contributed by atoms with Crippen LogP contribution in [0.3, 0.4) is 0 Å². The second-order valence-corrected chi connectivity index (χ2v) is 4.86. The first-order valence-electron chi connectivity index (χ1n) is 4.55. The number of hydrogen-bond acceptors (Lipinski definition) is 3. The average Bonchev–Trinajstić information content (AvgIpc) is 2.31. The van der Waals surface area contributed by atoms with E-state index in [9.17, 15) is 4.39 Å². The molecule has 0 fully saturated rings. The van der Waals surface area contributed by atoms with Gasteiger partial charge in [-0.2, -0.15) is 0 Å². The van der Waals surface area contributed by atoms with Crippen LogP contribution in [0, 0.1) is 0 Å². The van der Waals surface area contributed by atoms with Crippen molar-refractivity contribution in [3.8, 4) is 0 Å². The van der Waals surface area contributed by atoms with E-state index in [0.717, 1.165) is 4.90 Å². The smallest absolute Gasteiger partial charge is 0.0880 e. The fourth-order valence-corrected chi connectivity index (χ4v) is 2.25. The van der Waals surface area contributed by atoms with Gasteiger partial charge in [0.1, 0.15) is 0 Å². The van der Waals surface area contributed by atoms with E-state index in [4.69, 9.17) is 5.73 Å². The Labute approximate surface area is 98.3 Å². The number of benzene rings is 1. The standard InChI is InChI=1S/C11H14FNS2/c1-14-10-2-4-11(5-3-10)15-8-9(6-12)7-13/h2-6H,7-8,13H2,1H3/b9-6+. The van der Waals surface area contributed by atoms with Crippen LogP contribution in [0.15, 0.2) is 46.0 Å². The summed E-state index contributed by atoms with van der Waals surface area (Å²) in [6, 6.07) is 8.22. The van der Waals surface area contributed by atoms with Gasteiger partial charge in [0.2, 0.25) is 0 Å². The molecule has 0 spiro atoms. The largest absolute Gasteiger partial charge is 0.327 e. The molecule has 0 atom stereocenters. The first-order valence-corrected chi connectivity index (χ1v) is 6.76. The van der Waals surface area contributed by atoms with E-state index in [1.54, 1.807) is 23.5 Å². The Bertz CT molecular complexity index is 322. The minimum Gasteiger partial charge on any atom is -0.327 e. The highest BCUT2D eigenvalue weighted by molar-refractivity contribution is 7.99. The van der Waals surface area contributed by atoms with Gasteiger partial charge in [-0.1, -0.05) is 0 Å². The van der Waals surface area contributed by atoms with Gasteiger partial charge in [0.15, 0.2) is 0 Å². The number of rotatable bonds is 5. The zero-order valence-corrected chi connectivity index (χ0v) is 10.2. The van der Waals surface area contributed by atoms with Gasteiger partial charge >= 0.3 is 0 Å². The molecule has 0 saturated heterocycles. The van der Waals surface area contributed by atoms with Gasteiger partial charge in [0.05, 0.1) is 6.33 Å². The van der Waals surface area contributed by atoms with E-state index >= 15 is 0 Å². The first kappa shape index (κ1) is 12.6. The minimum atomic E-state index is 0.284. The fourth-order valence-electron chi connectivity index (χ4n) is 0.983. The van der Waals surface area contributed by atoms with Crippen molar-refractivity contribution in [2.24, 2.45) is 5.73 Å². The van der Waals surface area contributed by atoms with E-state index in [-0.39, 0.29) is 6.54 Å². The number of halogens is 1. The molecule has 0 unspecified atom stereocenters. The third-order valence-electron chi connectivity index (χ3n) is 1.90. The van der Waals surface area contributed by atoms with Crippen LogP contribution in [-0.4, -0.2) is 18.6 Å². The zero-order chi connectivity index (χ0) is 11.1. The van der Waals surface area contributed by atoms with Crippen molar-refractivity contribution in [2.75, 3.05) is 18.6 Å². The van der Waals surface area contributed by atoms with Gasteiger partial charge in [-0.25, -0.2) is 4.39 Å². The van der Waals surface area contributed by atoms with Crippen LogP contribution in [0.4, 0.5) is 4.39 Å². The van der Waals surface area contributed by atoms with Gasteiger partial charge in [0, 0.05) is 22.1 Å². The van der Waals surface area contributed by atoms with Crippen LogP contribution < -0.4 is 5.73 Å². The topological polar surface area (TPSA) is 26.0 Å². The van der Waals surface area contributed by atoms with Crippen molar-refractivity contribution in [1.29, 1.82) is 0 Å². The third-order valence-corrected chi connectivity index (χ3v) is 3.76. The zero-order valence-electron chi connectivity index (χ0n) is 8.57. The van der Waals surface area contributed by atoms with E-state index in [0.29, 0.717) is 17.7 Å². The Hall–Kier alpha value is -0.450. The molecule has 0 saturated carbocycles. The molecule has 1 aromatic carbocycles. The van der Waals surface area contributed by atoms with Crippen molar-refractivity contribution < 1.29 is 4.39 Å². The van der Waals surface area contributed by atoms with Crippen molar-refractivity contribution in [3.63, 3.8) is 0 Å². The molecule has 1 nitrogen and oxygen atoms in total. The predicted molar refractivity (Wildman–Crippen MR) is 67.2 cm³/mol. The van der Waals surface area contributed by atoms with E-state index < -0.39 is 0 Å². The predicted octanol–water partition coefficient (Wildman–Crippen LogP) is 3.31. The van der Waals surface area contributed by atoms with Gasteiger partial charge in [-0.15, -0.1) is 23.5 Å². The summed E-state index contributed by atoms with van der Waals surface area (Å²) in [5.74, 6) is 0.617. The third kappa shape index (κ3) is 4.28. The number of thioether (sulfide) groups is 2. The average molecular weight is 243 g/mol. The molecule has 0 heterocycles.